The van der Waals surface area contributed by atoms with Gasteiger partial charge in [-0.05, 0) is 52.5 Å². The van der Waals surface area contributed by atoms with E-state index in [0.29, 0.717) is 12.1 Å². The van der Waals surface area contributed by atoms with Crippen molar-refractivity contribution in [2.45, 2.75) is 59.0 Å². The second-order valence-corrected chi connectivity index (χ2v) is 7.05. The van der Waals surface area contributed by atoms with Crippen molar-refractivity contribution < 1.29 is 0 Å². The molecule has 0 atom stereocenters. The maximum absolute atomic E-state index is 4.77. The Kier molecular flexibility index (Phi) is 7.57. The number of nitrogens with zero attached hydrogens (tertiary/aromatic N) is 2. The minimum Gasteiger partial charge on any atom is -0.357 e. The lowest BCUT2D eigenvalue weighted by molar-refractivity contribution is 0.167. The number of likely N-dealkylation sites (tertiary alicyclic amines) is 1. The zero-order valence-electron chi connectivity index (χ0n) is 15.8. The van der Waals surface area contributed by atoms with E-state index in [1.807, 2.05) is 0 Å². The molecule has 0 amide bonds. The molecule has 134 valence electrons. The van der Waals surface area contributed by atoms with Crippen LogP contribution >= 0.6 is 0 Å². The maximum atomic E-state index is 4.77. The fourth-order valence-corrected chi connectivity index (χ4v) is 3.24. The highest BCUT2D eigenvalue weighted by atomic mass is 15.2. The Morgan fingerprint density at radius 3 is 2.67 bits per heavy atom. The molecular formula is C20H34N4. The second-order valence-electron chi connectivity index (χ2n) is 7.05. The largest absolute Gasteiger partial charge is 0.357 e. The van der Waals surface area contributed by atoms with Gasteiger partial charge in [-0.15, -0.1) is 0 Å². The van der Waals surface area contributed by atoms with E-state index in [9.17, 15) is 0 Å². The molecule has 1 aliphatic heterocycles. The summed E-state index contributed by atoms with van der Waals surface area (Å²) >= 11 is 0. The normalized spacial score (nSPS) is 17.3. The van der Waals surface area contributed by atoms with Crippen LogP contribution in [0.1, 0.15) is 44.7 Å². The average Bonchev–Trinajstić information content (AvgIpc) is 2.55. The Morgan fingerprint density at radius 2 is 2.04 bits per heavy atom. The van der Waals surface area contributed by atoms with E-state index in [-0.39, 0.29) is 0 Å². The molecule has 4 nitrogen and oxygen atoms in total. The molecule has 24 heavy (non-hydrogen) atoms. The molecule has 1 saturated heterocycles. The molecule has 0 aliphatic carbocycles. The maximum Gasteiger partial charge on any atom is 0.191 e. The number of hydrogen-bond acceptors (Lipinski definition) is 2. The van der Waals surface area contributed by atoms with Gasteiger partial charge in [0.1, 0.15) is 0 Å². The van der Waals surface area contributed by atoms with Crippen LogP contribution in [0, 0.1) is 6.92 Å². The standard InChI is InChI=1S/C20H34N4/c1-5-21-20(22-12-9-18-8-6-7-17(4)15-18)23-19-10-13-24(14-11-19)16(2)3/h6-8,15-16,19H,5,9-14H2,1-4H3,(H2,21,22,23). The van der Waals surface area contributed by atoms with Gasteiger partial charge in [0.25, 0.3) is 0 Å². The zero-order valence-corrected chi connectivity index (χ0v) is 15.8. The third-order valence-electron chi connectivity index (χ3n) is 4.70. The average molecular weight is 331 g/mol. The predicted molar refractivity (Wildman–Crippen MR) is 104 cm³/mol. The van der Waals surface area contributed by atoms with Crippen molar-refractivity contribution in [2.24, 2.45) is 4.99 Å². The zero-order chi connectivity index (χ0) is 17.4. The molecule has 2 rings (SSSR count). The van der Waals surface area contributed by atoms with Gasteiger partial charge in [-0.2, -0.15) is 0 Å². The molecule has 1 heterocycles. The number of aryl methyl sites for hydroxylation is 1. The van der Waals surface area contributed by atoms with Crippen molar-refractivity contribution in [2.75, 3.05) is 26.2 Å². The van der Waals surface area contributed by atoms with Gasteiger partial charge in [0.15, 0.2) is 5.96 Å². The lowest BCUT2D eigenvalue weighted by atomic mass is 10.0. The van der Waals surface area contributed by atoms with Gasteiger partial charge in [0.05, 0.1) is 0 Å². The van der Waals surface area contributed by atoms with Crippen molar-refractivity contribution in [3.8, 4) is 0 Å². The second kappa shape index (κ2) is 9.67. The van der Waals surface area contributed by atoms with Gasteiger partial charge in [-0.3, -0.25) is 4.99 Å². The Bertz CT molecular complexity index is 516. The molecule has 0 radical (unpaired) electrons. The molecule has 0 spiro atoms. The highest BCUT2D eigenvalue weighted by Crippen LogP contribution is 2.12. The highest BCUT2D eigenvalue weighted by Gasteiger charge is 2.21. The van der Waals surface area contributed by atoms with Crippen molar-refractivity contribution in [3.05, 3.63) is 35.4 Å². The summed E-state index contributed by atoms with van der Waals surface area (Å²) in [5.41, 5.74) is 2.68. The van der Waals surface area contributed by atoms with Crippen LogP contribution in [0.3, 0.4) is 0 Å². The molecule has 4 heteroatoms. The summed E-state index contributed by atoms with van der Waals surface area (Å²) in [6.45, 7) is 12.9. The van der Waals surface area contributed by atoms with E-state index in [2.05, 4.69) is 67.5 Å². The van der Waals surface area contributed by atoms with E-state index in [0.717, 1.165) is 25.5 Å². The molecule has 0 saturated carbocycles. The summed E-state index contributed by atoms with van der Waals surface area (Å²) in [6.07, 6.45) is 3.38. The van der Waals surface area contributed by atoms with Gasteiger partial charge < -0.3 is 15.5 Å². The quantitative estimate of drug-likeness (QED) is 0.622. The van der Waals surface area contributed by atoms with Crippen LogP contribution in [0.25, 0.3) is 0 Å². The van der Waals surface area contributed by atoms with E-state index in [1.54, 1.807) is 0 Å². The van der Waals surface area contributed by atoms with Crippen molar-refractivity contribution in [1.29, 1.82) is 0 Å². The minimum atomic E-state index is 0.539. The summed E-state index contributed by atoms with van der Waals surface area (Å²) < 4.78 is 0. The lowest BCUT2D eigenvalue weighted by Gasteiger charge is -2.35. The van der Waals surface area contributed by atoms with Crippen LogP contribution in [0.15, 0.2) is 29.3 Å². The molecular weight excluding hydrogens is 296 g/mol. The minimum absolute atomic E-state index is 0.539. The molecule has 1 fully saturated rings. The first-order valence-electron chi connectivity index (χ1n) is 9.43. The van der Waals surface area contributed by atoms with Crippen LogP contribution in [-0.4, -0.2) is 49.1 Å². The Balaban J connectivity index is 1.82. The van der Waals surface area contributed by atoms with Crippen molar-refractivity contribution in [1.82, 2.24) is 15.5 Å². The number of aliphatic imine (C=N–C) groups is 1. The van der Waals surface area contributed by atoms with E-state index >= 15 is 0 Å². The Labute approximate surface area is 147 Å². The Hall–Kier alpha value is -1.55. The number of benzene rings is 1. The molecule has 2 N–H and O–H groups in total. The Morgan fingerprint density at radius 1 is 1.29 bits per heavy atom. The predicted octanol–water partition coefficient (Wildman–Crippen LogP) is 2.97. The van der Waals surface area contributed by atoms with Gasteiger partial charge >= 0.3 is 0 Å². The van der Waals surface area contributed by atoms with Crippen LogP contribution in [-0.2, 0) is 6.42 Å². The first-order valence-corrected chi connectivity index (χ1v) is 9.43. The number of guanidine groups is 1. The van der Waals surface area contributed by atoms with E-state index < -0.39 is 0 Å². The molecule has 1 aromatic rings. The smallest absolute Gasteiger partial charge is 0.191 e. The van der Waals surface area contributed by atoms with Crippen LogP contribution in [0.5, 0.6) is 0 Å². The fourth-order valence-electron chi connectivity index (χ4n) is 3.24. The lowest BCUT2D eigenvalue weighted by Crippen LogP contribution is -2.49. The summed E-state index contributed by atoms with van der Waals surface area (Å²) in [4.78, 5) is 7.32. The first kappa shape index (κ1) is 18.8. The number of nitrogens with one attached hydrogen (secondary N) is 2. The summed E-state index contributed by atoms with van der Waals surface area (Å²) in [5.74, 6) is 0.966. The third kappa shape index (κ3) is 6.16. The first-order chi connectivity index (χ1) is 11.6. The van der Waals surface area contributed by atoms with Gasteiger partial charge in [0, 0.05) is 38.3 Å². The summed E-state index contributed by atoms with van der Waals surface area (Å²) in [7, 11) is 0. The van der Waals surface area contributed by atoms with Crippen molar-refractivity contribution in [3.63, 3.8) is 0 Å². The molecule has 0 aromatic heterocycles. The van der Waals surface area contributed by atoms with Crippen LogP contribution < -0.4 is 10.6 Å². The third-order valence-corrected chi connectivity index (χ3v) is 4.70. The summed E-state index contributed by atoms with van der Waals surface area (Å²) in [6, 6.07) is 9.89. The van der Waals surface area contributed by atoms with E-state index in [4.69, 9.17) is 4.99 Å². The van der Waals surface area contributed by atoms with Crippen molar-refractivity contribution >= 4 is 5.96 Å². The van der Waals surface area contributed by atoms with Crippen LogP contribution in [0.4, 0.5) is 0 Å². The topological polar surface area (TPSA) is 39.7 Å². The summed E-state index contributed by atoms with van der Waals surface area (Å²) in [5, 5.41) is 7.01. The number of hydrogen-bond donors (Lipinski definition) is 2. The molecule has 1 aliphatic rings. The molecule has 1 aromatic carbocycles. The molecule has 0 bridgehead atoms. The monoisotopic (exact) mass is 330 g/mol. The molecule has 0 unspecified atom stereocenters. The number of piperidine rings is 1. The highest BCUT2D eigenvalue weighted by molar-refractivity contribution is 5.80. The SMILES string of the molecule is CCNC(=NCCc1cccc(C)c1)NC1CCN(C(C)C)CC1. The number of rotatable bonds is 6. The van der Waals surface area contributed by atoms with Gasteiger partial charge in [-0.1, -0.05) is 29.8 Å². The van der Waals surface area contributed by atoms with Gasteiger partial charge in [0.2, 0.25) is 0 Å². The fraction of sp³-hybridized carbons (Fsp3) is 0.650. The van der Waals surface area contributed by atoms with Gasteiger partial charge in [-0.25, -0.2) is 0 Å². The van der Waals surface area contributed by atoms with Crippen LogP contribution in [0.2, 0.25) is 0 Å². The van der Waals surface area contributed by atoms with E-state index in [1.165, 1.54) is 37.1 Å².